The quantitative estimate of drug-likeness (QED) is 0.486. The third-order valence-corrected chi connectivity index (χ3v) is 7.81. The number of nitrogens with one attached hydrogen (secondary N) is 2. The van der Waals surface area contributed by atoms with Crippen LogP contribution in [0.5, 0.6) is 0 Å². The van der Waals surface area contributed by atoms with Gasteiger partial charge in [0.2, 0.25) is 0 Å². The fourth-order valence-electron chi connectivity index (χ4n) is 5.75. The molecule has 2 N–H and O–H groups in total. The van der Waals surface area contributed by atoms with Gasteiger partial charge in [-0.1, -0.05) is 18.0 Å². The van der Waals surface area contributed by atoms with Gasteiger partial charge < -0.3 is 15.2 Å². The summed E-state index contributed by atoms with van der Waals surface area (Å²) in [7, 11) is 0. The zero-order valence-electron chi connectivity index (χ0n) is 19.1. The van der Waals surface area contributed by atoms with Crippen molar-refractivity contribution >= 4 is 33.9 Å². The molecule has 2 aliphatic rings. The number of hydrogen-bond acceptors (Lipinski definition) is 4. The van der Waals surface area contributed by atoms with Gasteiger partial charge >= 0.3 is 0 Å². The maximum atomic E-state index is 12.4. The predicted molar refractivity (Wildman–Crippen MR) is 133 cm³/mol. The maximum Gasteiger partial charge on any atom is 0.253 e. The molecule has 168 valence electrons. The van der Waals surface area contributed by atoms with Gasteiger partial charge in [0, 0.05) is 58.1 Å². The van der Waals surface area contributed by atoms with E-state index in [2.05, 4.69) is 39.2 Å². The Bertz CT molecular complexity index is 1220. The molecule has 0 unspecified atom stereocenters. The van der Waals surface area contributed by atoms with Crippen LogP contribution >= 0.6 is 11.6 Å². The van der Waals surface area contributed by atoms with E-state index in [4.69, 9.17) is 11.6 Å². The number of aryl methyl sites for hydroxylation is 2. The number of nitrogens with zero attached hydrogens (tertiary/aromatic N) is 2. The molecular formula is C26H31ClN4O. The van der Waals surface area contributed by atoms with Crippen molar-refractivity contribution < 1.29 is 0 Å². The Hall–Kier alpha value is -2.53. The highest BCUT2D eigenvalue weighted by atomic mass is 35.5. The maximum absolute atomic E-state index is 12.4. The zero-order valence-corrected chi connectivity index (χ0v) is 19.9. The Morgan fingerprint density at radius 1 is 1.22 bits per heavy atom. The van der Waals surface area contributed by atoms with Gasteiger partial charge in [0.15, 0.2) is 0 Å². The van der Waals surface area contributed by atoms with Crippen LogP contribution in [0, 0.1) is 19.3 Å². The molecule has 1 aromatic carbocycles. The second-order valence-corrected chi connectivity index (χ2v) is 10.1. The van der Waals surface area contributed by atoms with Crippen molar-refractivity contribution in [2.45, 2.75) is 65.5 Å². The van der Waals surface area contributed by atoms with E-state index >= 15 is 0 Å². The van der Waals surface area contributed by atoms with Crippen molar-refractivity contribution in [2.75, 3.05) is 16.8 Å². The molecule has 2 aliphatic carbocycles. The van der Waals surface area contributed by atoms with E-state index < -0.39 is 0 Å². The molecule has 32 heavy (non-hydrogen) atoms. The average molecular weight is 451 g/mol. The summed E-state index contributed by atoms with van der Waals surface area (Å²) in [6, 6.07) is 8.73. The van der Waals surface area contributed by atoms with Gasteiger partial charge in [0.05, 0.1) is 0 Å². The number of aromatic nitrogens is 2. The molecule has 2 saturated carbocycles. The van der Waals surface area contributed by atoms with E-state index in [0.717, 1.165) is 40.0 Å². The second-order valence-electron chi connectivity index (χ2n) is 9.68. The highest BCUT2D eigenvalue weighted by Crippen LogP contribution is 2.57. The third-order valence-electron chi connectivity index (χ3n) is 7.59. The summed E-state index contributed by atoms with van der Waals surface area (Å²) >= 11 is 6.61. The topological polar surface area (TPSA) is 61.0 Å². The van der Waals surface area contributed by atoms with E-state index in [-0.39, 0.29) is 5.56 Å². The monoisotopic (exact) mass is 450 g/mol. The summed E-state index contributed by atoms with van der Waals surface area (Å²) < 4.78 is 0. The van der Waals surface area contributed by atoms with Crippen LogP contribution in [0.1, 0.15) is 55.8 Å². The Morgan fingerprint density at radius 2 is 2.00 bits per heavy atom. The summed E-state index contributed by atoms with van der Waals surface area (Å²) in [5.74, 6) is 0.755. The first-order valence-electron chi connectivity index (χ1n) is 11.7. The van der Waals surface area contributed by atoms with Crippen molar-refractivity contribution in [2.24, 2.45) is 5.41 Å². The largest absolute Gasteiger partial charge is 0.368 e. The summed E-state index contributed by atoms with van der Waals surface area (Å²) in [5.41, 5.74) is 4.33. The Balaban J connectivity index is 1.47. The number of aromatic amines is 1. The van der Waals surface area contributed by atoms with Crippen molar-refractivity contribution in [3.05, 3.63) is 62.7 Å². The normalized spacial score (nSPS) is 17.2. The number of halogens is 1. The van der Waals surface area contributed by atoms with Gasteiger partial charge in [0.25, 0.3) is 5.56 Å². The highest BCUT2D eigenvalue weighted by Gasteiger charge is 2.49. The molecule has 5 rings (SSSR count). The molecule has 0 radical (unpaired) electrons. The molecule has 5 nitrogen and oxygen atoms in total. The smallest absolute Gasteiger partial charge is 0.253 e. The van der Waals surface area contributed by atoms with Gasteiger partial charge in [-0.2, -0.15) is 0 Å². The van der Waals surface area contributed by atoms with Crippen molar-refractivity contribution in [1.82, 2.24) is 9.97 Å². The fraction of sp³-hybridized carbons (Fsp3) is 0.462. The number of pyridine rings is 2. The van der Waals surface area contributed by atoms with Gasteiger partial charge in [0.1, 0.15) is 5.82 Å². The van der Waals surface area contributed by atoms with Crippen LogP contribution < -0.4 is 15.8 Å². The second kappa shape index (κ2) is 8.11. The number of anilines is 2. The minimum absolute atomic E-state index is 0.0546. The molecule has 2 heterocycles. The van der Waals surface area contributed by atoms with Crippen LogP contribution in [0.2, 0.25) is 5.02 Å². The first-order chi connectivity index (χ1) is 15.4. The summed E-state index contributed by atoms with van der Waals surface area (Å²) in [5, 5.41) is 6.25. The van der Waals surface area contributed by atoms with E-state index in [9.17, 15) is 4.79 Å². The molecule has 0 bridgehead atoms. The molecule has 3 aromatic rings. The number of H-pyrrole nitrogens is 1. The molecule has 1 spiro atoms. The molecule has 0 amide bonds. The summed E-state index contributed by atoms with van der Waals surface area (Å²) in [6.07, 6.45) is 8.61. The summed E-state index contributed by atoms with van der Waals surface area (Å²) in [6.45, 7) is 7.47. The predicted octanol–water partition coefficient (Wildman–Crippen LogP) is 5.96. The Morgan fingerprint density at radius 3 is 2.66 bits per heavy atom. The Kier molecular flexibility index (Phi) is 5.40. The van der Waals surface area contributed by atoms with Crippen LogP contribution in [-0.2, 0) is 6.54 Å². The fourth-order valence-corrected chi connectivity index (χ4v) is 5.97. The number of benzene rings is 1. The van der Waals surface area contributed by atoms with Crippen molar-refractivity contribution in [3.63, 3.8) is 0 Å². The lowest BCUT2D eigenvalue weighted by Gasteiger charge is -2.57. The first kappa shape index (κ1) is 21.3. The minimum Gasteiger partial charge on any atom is -0.368 e. The minimum atomic E-state index is -0.0546. The zero-order chi connectivity index (χ0) is 22.5. The van der Waals surface area contributed by atoms with E-state index in [0.29, 0.717) is 23.0 Å². The van der Waals surface area contributed by atoms with E-state index in [1.165, 1.54) is 37.8 Å². The molecule has 2 fully saturated rings. The van der Waals surface area contributed by atoms with E-state index in [1.54, 1.807) is 0 Å². The lowest BCUT2D eigenvalue weighted by Crippen LogP contribution is -2.54. The van der Waals surface area contributed by atoms with Crippen molar-refractivity contribution in [1.29, 1.82) is 0 Å². The van der Waals surface area contributed by atoms with Gasteiger partial charge in [-0.05, 0) is 81.7 Å². The Labute approximate surface area is 194 Å². The first-order valence-corrected chi connectivity index (χ1v) is 12.0. The molecule has 0 saturated heterocycles. The number of hydrogen-bond donors (Lipinski definition) is 2. The molecule has 0 atom stereocenters. The van der Waals surface area contributed by atoms with Gasteiger partial charge in [-0.15, -0.1) is 0 Å². The van der Waals surface area contributed by atoms with Crippen LogP contribution in [-0.4, -0.2) is 22.6 Å². The summed E-state index contributed by atoms with van der Waals surface area (Å²) in [4.78, 5) is 22.4. The molecule has 2 aromatic heterocycles. The molecule has 0 aliphatic heterocycles. The van der Waals surface area contributed by atoms with E-state index in [1.807, 2.05) is 32.2 Å². The van der Waals surface area contributed by atoms with Crippen molar-refractivity contribution in [3.8, 4) is 0 Å². The van der Waals surface area contributed by atoms with Gasteiger partial charge in [-0.25, -0.2) is 4.98 Å². The third kappa shape index (κ3) is 3.66. The van der Waals surface area contributed by atoms with Crippen LogP contribution in [0.4, 0.5) is 11.5 Å². The standard InChI is InChI=1S/C26H31ClN4O/c1-4-31(19-13-26(14-19)7-5-8-26)23-12-18(27)11-21-20(23)6-9-28-24(21)29-15-22-16(2)10-17(3)30-25(22)32/h6,9-12,19H,4-5,7-8,13-15H2,1-3H3,(H,28,29)(H,30,32). The van der Waals surface area contributed by atoms with Crippen LogP contribution in [0.25, 0.3) is 10.8 Å². The SMILES string of the molecule is CCN(c1cc(Cl)cc2c(NCc3c(C)cc(C)[nH]c3=O)nccc12)C1CC2(CCC2)C1. The number of fused-ring (bicyclic) bond motifs is 1. The highest BCUT2D eigenvalue weighted by molar-refractivity contribution is 6.32. The molecule has 6 heteroatoms. The van der Waals surface area contributed by atoms with Crippen LogP contribution in [0.15, 0.2) is 35.3 Å². The molecular weight excluding hydrogens is 420 g/mol. The lowest BCUT2D eigenvalue weighted by molar-refractivity contribution is 0.00914. The van der Waals surface area contributed by atoms with Crippen LogP contribution in [0.3, 0.4) is 0 Å². The average Bonchev–Trinajstić information content (AvgIpc) is 2.68. The lowest BCUT2D eigenvalue weighted by atomic mass is 9.54. The van der Waals surface area contributed by atoms with Gasteiger partial charge in [-0.3, -0.25) is 4.79 Å². The number of rotatable bonds is 6.